The summed E-state index contributed by atoms with van der Waals surface area (Å²) in [5.41, 5.74) is 0.944. The zero-order chi connectivity index (χ0) is 20.1. The van der Waals surface area contributed by atoms with Crippen LogP contribution < -0.4 is 10.6 Å². The molecule has 1 aliphatic heterocycles. The van der Waals surface area contributed by atoms with Gasteiger partial charge < -0.3 is 20.3 Å². The molecule has 0 bridgehead atoms. The molecule has 0 spiro atoms. The summed E-state index contributed by atoms with van der Waals surface area (Å²) in [5.74, 6) is -2.36. The highest BCUT2D eigenvalue weighted by Gasteiger charge is 2.37. The lowest BCUT2D eigenvalue weighted by Gasteiger charge is -2.17. The second kappa shape index (κ2) is 8.36. The Bertz CT molecular complexity index is 925. The van der Waals surface area contributed by atoms with Crippen molar-refractivity contribution in [3.63, 3.8) is 0 Å². The lowest BCUT2D eigenvalue weighted by molar-refractivity contribution is -0.145. The fourth-order valence-corrected chi connectivity index (χ4v) is 2.70. The Labute approximate surface area is 160 Å². The summed E-state index contributed by atoms with van der Waals surface area (Å²) in [4.78, 5) is 35.4. The summed E-state index contributed by atoms with van der Waals surface area (Å²) in [6.07, 6.45) is -0.0556. The van der Waals surface area contributed by atoms with E-state index in [0.717, 1.165) is 0 Å². The number of esters is 1. The Balaban J connectivity index is 1.89. The molecule has 0 saturated carbocycles. The highest BCUT2D eigenvalue weighted by atomic mass is 16.6. The minimum atomic E-state index is -1.16. The van der Waals surface area contributed by atoms with Crippen LogP contribution in [0.4, 0.5) is 0 Å². The average molecular weight is 382 g/mol. The smallest absolute Gasteiger partial charge is 0.325 e. The van der Waals surface area contributed by atoms with Crippen molar-refractivity contribution >= 4 is 23.9 Å². The number of nitrogens with one attached hydrogen (secondary N) is 2. The number of aromatic hydroxyl groups is 1. The first kappa shape index (κ1) is 19.1. The van der Waals surface area contributed by atoms with Gasteiger partial charge in [0.25, 0.3) is 5.91 Å². The third-order valence-corrected chi connectivity index (χ3v) is 4.07. The molecular formula is C20H18N2O6. The van der Waals surface area contributed by atoms with Crippen LogP contribution in [0.25, 0.3) is 6.08 Å². The first-order valence-corrected chi connectivity index (χ1v) is 8.48. The van der Waals surface area contributed by atoms with Crippen LogP contribution in [0.2, 0.25) is 0 Å². The number of amides is 1. The van der Waals surface area contributed by atoms with Crippen molar-refractivity contribution in [1.82, 2.24) is 10.6 Å². The van der Waals surface area contributed by atoms with E-state index in [1.54, 1.807) is 48.5 Å². The van der Waals surface area contributed by atoms with Crippen LogP contribution in [-0.4, -0.2) is 40.3 Å². The molecule has 0 aromatic heterocycles. The molecule has 1 heterocycles. The lowest BCUT2D eigenvalue weighted by Crippen LogP contribution is -2.39. The first-order valence-electron chi connectivity index (χ1n) is 8.48. The Kier molecular flexibility index (Phi) is 5.71. The first-order chi connectivity index (χ1) is 13.4. The highest BCUT2D eigenvalue weighted by Crippen LogP contribution is 2.22. The summed E-state index contributed by atoms with van der Waals surface area (Å²) >= 11 is 0. The number of phenols is 1. The number of cyclic esters (lactones) is 1. The van der Waals surface area contributed by atoms with E-state index < -0.39 is 36.5 Å². The molecule has 144 valence electrons. The summed E-state index contributed by atoms with van der Waals surface area (Å²) in [5, 5.41) is 24.4. The molecule has 2 aromatic rings. The zero-order valence-corrected chi connectivity index (χ0v) is 14.7. The van der Waals surface area contributed by atoms with Crippen molar-refractivity contribution in [2.24, 2.45) is 0 Å². The quantitative estimate of drug-likeness (QED) is 0.558. The van der Waals surface area contributed by atoms with Gasteiger partial charge in [0.2, 0.25) is 0 Å². The number of ether oxygens (including phenoxy) is 1. The molecular weight excluding hydrogens is 364 g/mol. The molecule has 0 aliphatic carbocycles. The van der Waals surface area contributed by atoms with Gasteiger partial charge in [-0.15, -0.1) is 0 Å². The molecule has 0 radical (unpaired) electrons. The van der Waals surface area contributed by atoms with Crippen LogP contribution in [-0.2, 0) is 14.3 Å². The molecule has 2 aromatic carbocycles. The second-order valence-electron chi connectivity index (χ2n) is 6.11. The van der Waals surface area contributed by atoms with Gasteiger partial charge >= 0.3 is 11.9 Å². The SMILES string of the molecule is O=C(O)CC1NC(/C(=C/c2ccccc2O)NC(=O)c2ccccc2)OC1=O. The molecule has 2 unspecified atom stereocenters. The van der Waals surface area contributed by atoms with Crippen molar-refractivity contribution in [3.8, 4) is 5.75 Å². The van der Waals surface area contributed by atoms with E-state index in [1.807, 2.05) is 0 Å². The molecule has 4 N–H and O–H groups in total. The van der Waals surface area contributed by atoms with Crippen LogP contribution in [0.3, 0.4) is 0 Å². The van der Waals surface area contributed by atoms with Crippen molar-refractivity contribution in [1.29, 1.82) is 0 Å². The molecule has 8 nitrogen and oxygen atoms in total. The van der Waals surface area contributed by atoms with Gasteiger partial charge in [0.05, 0.1) is 12.1 Å². The number of phenolic OH excluding ortho intramolecular Hbond substituents is 1. The van der Waals surface area contributed by atoms with Crippen LogP contribution in [0.15, 0.2) is 60.3 Å². The maximum absolute atomic E-state index is 12.6. The number of hydrogen-bond donors (Lipinski definition) is 4. The number of benzene rings is 2. The number of rotatable bonds is 6. The normalized spacial score (nSPS) is 19.1. The molecule has 1 aliphatic rings. The van der Waals surface area contributed by atoms with E-state index in [1.165, 1.54) is 12.1 Å². The van der Waals surface area contributed by atoms with Crippen molar-refractivity contribution in [2.75, 3.05) is 0 Å². The molecule has 8 heteroatoms. The fraction of sp³-hybridized carbons (Fsp3) is 0.150. The predicted octanol–water partition coefficient (Wildman–Crippen LogP) is 1.48. The monoisotopic (exact) mass is 382 g/mol. The van der Waals surface area contributed by atoms with Crippen LogP contribution >= 0.6 is 0 Å². The number of carbonyl (C=O) groups excluding carboxylic acids is 2. The number of hydrogen-bond acceptors (Lipinski definition) is 6. The molecule has 28 heavy (non-hydrogen) atoms. The predicted molar refractivity (Wildman–Crippen MR) is 99.0 cm³/mol. The van der Waals surface area contributed by atoms with Gasteiger partial charge in [0.15, 0.2) is 6.23 Å². The molecule has 3 rings (SSSR count). The Hall–Kier alpha value is -3.65. The lowest BCUT2D eigenvalue weighted by atomic mass is 10.1. The Morgan fingerprint density at radius 1 is 1.11 bits per heavy atom. The van der Waals surface area contributed by atoms with E-state index >= 15 is 0 Å². The average Bonchev–Trinajstić information content (AvgIpc) is 3.03. The van der Waals surface area contributed by atoms with Gasteiger partial charge in [-0.1, -0.05) is 36.4 Å². The Morgan fingerprint density at radius 3 is 2.46 bits per heavy atom. The van der Waals surface area contributed by atoms with E-state index in [9.17, 15) is 19.5 Å². The topological polar surface area (TPSA) is 125 Å². The molecule has 2 atom stereocenters. The van der Waals surface area contributed by atoms with Gasteiger partial charge in [-0.05, 0) is 24.3 Å². The number of carbonyl (C=O) groups is 3. The Morgan fingerprint density at radius 2 is 1.79 bits per heavy atom. The summed E-state index contributed by atoms with van der Waals surface area (Å²) < 4.78 is 5.21. The van der Waals surface area contributed by atoms with Crippen molar-refractivity contribution in [2.45, 2.75) is 18.7 Å². The van der Waals surface area contributed by atoms with Gasteiger partial charge in [-0.2, -0.15) is 0 Å². The number of carboxylic acids is 1. The van der Waals surface area contributed by atoms with Crippen molar-refractivity contribution < 1.29 is 29.3 Å². The van der Waals surface area contributed by atoms with Crippen molar-refractivity contribution in [3.05, 3.63) is 71.4 Å². The summed E-state index contributed by atoms with van der Waals surface area (Å²) in [6.45, 7) is 0. The maximum atomic E-state index is 12.6. The van der Waals surface area contributed by atoms with Crippen LogP contribution in [0.1, 0.15) is 22.3 Å². The third-order valence-electron chi connectivity index (χ3n) is 4.07. The van der Waals surface area contributed by atoms with Gasteiger partial charge in [-0.25, -0.2) is 0 Å². The summed E-state index contributed by atoms with van der Waals surface area (Å²) in [7, 11) is 0. The maximum Gasteiger partial charge on any atom is 0.325 e. The van der Waals surface area contributed by atoms with Crippen LogP contribution in [0.5, 0.6) is 5.75 Å². The minimum Gasteiger partial charge on any atom is -0.507 e. The van der Waals surface area contributed by atoms with E-state index in [2.05, 4.69) is 10.6 Å². The number of aliphatic carboxylic acids is 1. The zero-order valence-electron chi connectivity index (χ0n) is 14.7. The summed E-state index contributed by atoms with van der Waals surface area (Å²) in [6, 6.07) is 13.8. The largest absolute Gasteiger partial charge is 0.507 e. The van der Waals surface area contributed by atoms with Gasteiger partial charge in [-0.3, -0.25) is 19.7 Å². The standard InChI is InChI=1S/C20H18N2O6/c23-16-9-5-4-8-13(16)10-14(21-18(26)12-6-2-1-3-7-12)19-22-15(11-17(24)25)20(27)28-19/h1-10,15,19,22-23H,11H2,(H,21,26)(H,24,25)/b14-10-. The number of para-hydroxylation sites is 1. The highest BCUT2D eigenvalue weighted by molar-refractivity contribution is 5.96. The molecule has 1 saturated heterocycles. The van der Waals surface area contributed by atoms with E-state index in [0.29, 0.717) is 11.1 Å². The third kappa shape index (κ3) is 4.54. The van der Waals surface area contributed by atoms with E-state index in [-0.39, 0.29) is 11.4 Å². The molecule has 1 fully saturated rings. The van der Waals surface area contributed by atoms with Crippen LogP contribution in [0, 0.1) is 0 Å². The van der Waals surface area contributed by atoms with E-state index in [4.69, 9.17) is 9.84 Å². The van der Waals surface area contributed by atoms with Gasteiger partial charge in [0.1, 0.15) is 11.8 Å². The van der Waals surface area contributed by atoms with Gasteiger partial charge in [0, 0.05) is 11.1 Å². The molecule has 1 amide bonds. The fourth-order valence-electron chi connectivity index (χ4n) is 2.70. The second-order valence-corrected chi connectivity index (χ2v) is 6.11. The number of carboxylic acid groups (broad SMARTS) is 1. The minimum absolute atomic E-state index is 0.0274.